The van der Waals surface area contributed by atoms with Crippen molar-refractivity contribution in [2.45, 2.75) is 0 Å². The minimum atomic E-state index is -0.404. The number of carbonyl (C=O) groups is 2. The number of hydrogen-bond donors (Lipinski definition) is 0. The molecule has 5 rings (SSSR count). The molecule has 0 atom stereocenters. The number of rotatable bonds is 5. The minimum Gasteiger partial charge on any atom is -0.454 e. The number of anilines is 1. The van der Waals surface area contributed by atoms with Crippen molar-refractivity contribution >= 4 is 40.4 Å². The van der Waals surface area contributed by atoms with Crippen LogP contribution in [0.25, 0.3) is 6.08 Å². The first-order valence-electron chi connectivity index (χ1n) is 10.1. The second kappa shape index (κ2) is 8.91. The number of thioether (sulfide) groups is 1. The van der Waals surface area contributed by atoms with Crippen LogP contribution in [-0.4, -0.2) is 29.4 Å². The summed E-state index contributed by atoms with van der Waals surface area (Å²) < 4.78 is 23.9. The highest BCUT2D eigenvalue weighted by atomic mass is 32.2. The van der Waals surface area contributed by atoms with Crippen molar-refractivity contribution in [3.05, 3.63) is 95.4 Å². The van der Waals surface area contributed by atoms with Crippen molar-refractivity contribution in [1.29, 1.82) is 0 Å². The summed E-state index contributed by atoms with van der Waals surface area (Å²) >= 11 is 1.16. The molecule has 1 amide bonds. The summed E-state index contributed by atoms with van der Waals surface area (Å²) in [7, 11) is 0. The summed E-state index contributed by atoms with van der Waals surface area (Å²) in [5, 5.41) is 0.397. The molecule has 2 heterocycles. The van der Waals surface area contributed by atoms with Crippen LogP contribution in [-0.2, 0) is 4.79 Å². The standard InChI is InChI=1S/C25H17FN2O4S/c26-18-9-7-17(8-10-18)21(29)14-33-25-27-20(24(30)28(25)19-4-2-1-3-5-19)12-16-6-11-22-23(13-16)32-15-31-22/h1-13H,14-15H2/b20-12+. The van der Waals surface area contributed by atoms with Gasteiger partial charge in [-0.25, -0.2) is 9.38 Å². The molecular weight excluding hydrogens is 443 g/mol. The van der Waals surface area contributed by atoms with E-state index in [1.165, 1.54) is 29.2 Å². The molecule has 0 radical (unpaired) electrons. The molecule has 0 saturated carbocycles. The molecule has 2 aliphatic heterocycles. The Morgan fingerprint density at radius 2 is 1.79 bits per heavy atom. The van der Waals surface area contributed by atoms with Gasteiger partial charge in [-0.05, 0) is 60.2 Å². The van der Waals surface area contributed by atoms with Crippen LogP contribution in [0.5, 0.6) is 11.5 Å². The van der Waals surface area contributed by atoms with E-state index in [9.17, 15) is 14.0 Å². The lowest BCUT2D eigenvalue weighted by Crippen LogP contribution is -2.30. The number of ether oxygens (including phenoxy) is 2. The number of nitrogens with zero attached hydrogens (tertiary/aromatic N) is 2. The molecule has 0 bridgehead atoms. The highest BCUT2D eigenvalue weighted by Gasteiger charge is 2.32. The van der Waals surface area contributed by atoms with Gasteiger partial charge < -0.3 is 9.47 Å². The van der Waals surface area contributed by atoms with Crippen LogP contribution >= 0.6 is 11.8 Å². The number of amidine groups is 1. The van der Waals surface area contributed by atoms with Gasteiger partial charge in [0.1, 0.15) is 11.5 Å². The SMILES string of the molecule is O=C(CSC1=N/C(=C/c2ccc3c(c2)OCO3)C(=O)N1c1ccccc1)c1ccc(F)cc1. The smallest absolute Gasteiger partial charge is 0.283 e. The van der Waals surface area contributed by atoms with Crippen molar-refractivity contribution in [3.8, 4) is 11.5 Å². The number of Topliss-reactive ketones (excluding diaryl/α,β-unsaturated/α-hetero) is 1. The van der Waals surface area contributed by atoms with Crippen LogP contribution < -0.4 is 14.4 Å². The molecule has 2 aliphatic rings. The van der Waals surface area contributed by atoms with Gasteiger partial charge in [-0.1, -0.05) is 36.0 Å². The van der Waals surface area contributed by atoms with Gasteiger partial charge in [0.2, 0.25) is 6.79 Å². The Morgan fingerprint density at radius 1 is 1.03 bits per heavy atom. The molecule has 0 aromatic heterocycles. The molecule has 0 unspecified atom stereocenters. The Hall–Kier alpha value is -3.91. The maximum Gasteiger partial charge on any atom is 0.283 e. The summed E-state index contributed by atoms with van der Waals surface area (Å²) in [5.41, 5.74) is 2.04. The molecule has 3 aromatic rings. The third-order valence-corrected chi connectivity index (χ3v) is 5.98. The summed E-state index contributed by atoms with van der Waals surface area (Å²) in [6.45, 7) is 0.164. The summed E-state index contributed by atoms with van der Waals surface area (Å²) in [6.07, 6.45) is 1.68. The van der Waals surface area contributed by atoms with Crippen molar-refractivity contribution in [3.63, 3.8) is 0 Å². The quantitative estimate of drug-likeness (QED) is 0.400. The Labute approximate surface area is 193 Å². The van der Waals surface area contributed by atoms with E-state index in [-0.39, 0.29) is 29.9 Å². The number of fused-ring (bicyclic) bond motifs is 1. The van der Waals surface area contributed by atoms with E-state index in [2.05, 4.69) is 4.99 Å². The number of benzene rings is 3. The van der Waals surface area contributed by atoms with Crippen LogP contribution in [0.2, 0.25) is 0 Å². The lowest BCUT2D eigenvalue weighted by atomic mass is 10.1. The Bertz CT molecular complexity index is 1290. The number of para-hydroxylation sites is 1. The number of aliphatic imine (C=N–C) groups is 1. The lowest BCUT2D eigenvalue weighted by Gasteiger charge is -2.17. The highest BCUT2D eigenvalue weighted by Crippen LogP contribution is 2.34. The van der Waals surface area contributed by atoms with Gasteiger partial charge in [-0.2, -0.15) is 0 Å². The van der Waals surface area contributed by atoms with Gasteiger partial charge in [-0.15, -0.1) is 0 Å². The molecule has 6 nitrogen and oxygen atoms in total. The van der Waals surface area contributed by atoms with Crippen LogP contribution in [0, 0.1) is 5.82 Å². The zero-order valence-corrected chi connectivity index (χ0v) is 18.0. The third kappa shape index (κ3) is 4.38. The van der Waals surface area contributed by atoms with Crippen molar-refractivity contribution < 1.29 is 23.5 Å². The van der Waals surface area contributed by atoms with E-state index in [0.717, 1.165) is 17.3 Å². The number of halogens is 1. The zero-order valence-electron chi connectivity index (χ0n) is 17.2. The maximum atomic E-state index is 13.3. The molecule has 0 N–H and O–H groups in total. The summed E-state index contributed by atoms with van der Waals surface area (Å²) in [6, 6.07) is 19.9. The van der Waals surface area contributed by atoms with Gasteiger partial charge in [0, 0.05) is 5.56 Å². The van der Waals surface area contributed by atoms with E-state index < -0.39 is 5.82 Å². The fourth-order valence-corrected chi connectivity index (χ4v) is 4.32. The predicted octanol–water partition coefficient (Wildman–Crippen LogP) is 4.91. The minimum absolute atomic E-state index is 0.0540. The number of ketones is 1. The molecular formula is C25H17FN2O4S. The van der Waals surface area contributed by atoms with Crippen molar-refractivity contribution in [2.75, 3.05) is 17.4 Å². The van der Waals surface area contributed by atoms with Gasteiger partial charge >= 0.3 is 0 Å². The summed E-state index contributed by atoms with van der Waals surface area (Å²) in [5.74, 6) is 0.432. The fourth-order valence-electron chi connectivity index (χ4n) is 3.41. The molecule has 0 saturated heterocycles. The van der Waals surface area contributed by atoms with E-state index >= 15 is 0 Å². The highest BCUT2D eigenvalue weighted by molar-refractivity contribution is 8.14. The van der Waals surface area contributed by atoms with Crippen molar-refractivity contribution in [1.82, 2.24) is 0 Å². The molecule has 3 aromatic carbocycles. The molecule has 8 heteroatoms. The first-order chi connectivity index (χ1) is 16.1. The molecule has 0 spiro atoms. The Balaban J connectivity index is 1.42. The van der Waals surface area contributed by atoms with Gasteiger partial charge in [-0.3, -0.25) is 14.5 Å². The number of hydrogen-bond acceptors (Lipinski definition) is 6. The second-order valence-electron chi connectivity index (χ2n) is 7.23. The van der Waals surface area contributed by atoms with Gasteiger partial charge in [0.05, 0.1) is 11.4 Å². The molecule has 0 fully saturated rings. The molecule has 164 valence electrons. The fraction of sp³-hybridized carbons (Fsp3) is 0.0800. The topological polar surface area (TPSA) is 68.2 Å². The predicted molar refractivity (Wildman–Crippen MR) is 125 cm³/mol. The Kier molecular flexibility index (Phi) is 5.66. The van der Waals surface area contributed by atoms with Gasteiger partial charge in [0.25, 0.3) is 5.91 Å². The third-order valence-electron chi connectivity index (χ3n) is 5.04. The number of amides is 1. The molecule has 0 aliphatic carbocycles. The van der Waals surface area contributed by atoms with E-state index in [1.807, 2.05) is 24.3 Å². The van der Waals surface area contributed by atoms with Gasteiger partial charge in [0.15, 0.2) is 22.4 Å². The maximum absolute atomic E-state index is 13.3. The lowest BCUT2D eigenvalue weighted by molar-refractivity contribution is -0.113. The monoisotopic (exact) mass is 460 g/mol. The Morgan fingerprint density at radius 3 is 2.58 bits per heavy atom. The zero-order chi connectivity index (χ0) is 22.8. The van der Waals surface area contributed by atoms with Crippen LogP contribution in [0.4, 0.5) is 10.1 Å². The first kappa shape index (κ1) is 21.0. The van der Waals surface area contributed by atoms with Crippen LogP contribution in [0.1, 0.15) is 15.9 Å². The second-order valence-corrected chi connectivity index (χ2v) is 8.17. The van der Waals surface area contributed by atoms with E-state index in [4.69, 9.17) is 9.47 Å². The normalized spacial score (nSPS) is 15.8. The average Bonchev–Trinajstić information content (AvgIpc) is 3.42. The van der Waals surface area contributed by atoms with Crippen LogP contribution in [0.15, 0.2) is 83.5 Å². The van der Waals surface area contributed by atoms with E-state index in [0.29, 0.717) is 27.9 Å². The largest absolute Gasteiger partial charge is 0.454 e. The van der Waals surface area contributed by atoms with E-state index in [1.54, 1.807) is 30.3 Å². The summed E-state index contributed by atoms with van der Waals surface area (Å²) in [4.78, 5) is 31.8. The molecule has 33 heavy (non-hydrogen) atoms. The van der Waals surface area contributed by atoms with Crippen LogP contribution in [0.3, 0.4) is 0 Å². The average molecular weight is 460 g/mol. The number of carbonyl (C=O) groups excluding carboxylic acids is 2. The van der Waals surface area contributed by atoms with Crippen molar-refractivity contribution in [2.24, 2.45) is 4.99 Å². The first-order valence-corrected chi connectivity index (χ1v) is 11.1.